The van der Waals surface area contributed by atoms with E-state index in [1.54, 1.807) is 31.4 Å². The first kappa shape index (κ1) is 18.0. The zero-order chi connectivity index (χ0) is 16.7. The lowest BCUT2D eigenvalue weighted by molar-refractivity contribution is -0.142. The number of carboxylic acids is 1. The van der Waals surface area contributed by atoms with Gasteiger partial charge in [-0.1, -0.05) is 26.0 Å². The van der Waals surface area contributed by atoms with Crippen molar-refractivity contribution in [1.29, 1.82) is 0 Å². The van der Waals surface area contributed by atoms with Gasteiger partial charge in [-0.15, -0.1) is 0 Å². The maximum atomic E-state index is 12.0. The molecule has 0 unspecified atom stereocenters. The summed E-state index contributed by atoms with van der Waals surface area (Å²) in [6, 6.07) is 5.37. The maximum absolute atomic E-state index is 12.0. The van der Waals surface area contributed by atoms with Crippen molar-refractivity contribution in [1.82, 2.24) is 5.32 Å². The number of carbonyl (C=O) groups is 2. The predicted molar refractivity (Wildman–Crippen MR) is 83.7 cm³/mol. The molecule has 0 saturated heterocycles. The molecule has 0 radical (unpaired) electrons. The second-order valence-electron chi connectivity index (χ2n) is 5.69. The van der Waals surface area contributed by atoms with Crippen molar-refractivity contribution in [2.75, 3.05) is 7.11 Å². The molecule has 1 aromatic rings. The van der Waals surface area contributed by atoms with Gasteiger partial charge in [-0.05, 0) is 30.0 Å². The summed E-state index contributed by atoms with van der Waals surface area (Å²) in [5.74, 6) is -0.621. The monoisotopic (exact) mass is 308 g/mol. The molecule has 0 fully saturated rings. The van der Waals surface area contributed by atoms with Gasteiger partial charge in [0, 0.05) is 6.42 Å². The largest absolute Gasteiger partial charge is 0.497 e. The van der Waals surface area contributed by atoms with Crippen LogP contribution < -0.4 is 15.8 Å². The molecule has 0 aliphatic carbocycles. The van der Waals surface area contributed by atoms with Crippen LogP contribution in [0.2, 0.25) is 0 Å². The van der Waals surface area contributed by atoms with Crippen LogP contribution >= 0.6 is 0 Å². The number of nitrogens with one attached hydrogen (secondary N) is 1. The smallest absolute Gasteiger partial charge is 0.326 e. The van der Waals surface area contributed by atoms with Crippen LogP contribution in [0.4, 0.5) is 0 Å². The zero-order valence-electron chi connectivity index (χ0n) is 13.2. The quantitative estimate of drug-likeness (QED) is 0.669. The number of aliphatic carboxylic acids is 1. The van der Waals surface area contributed by atoms with Crippen molar-refractivity contribution in [3.05, 3.63) is 29.8 Å². The molecule has 22 heavy (non-hydrogen) atoms. The number of rotatable bonds is 8. The molecule has 1 amide bonds. The first-order chi connectivity index (χ1) is 10.3. The van der Waals surface area contributed by atoms with E-state index in [1.807, 2.05) is 13.8 Å². The second kappa shape index (κ2) is 8.38. The van der Waals surface area contributed by atoms with Crippen molar-refractivity contribution >= 4 is 11.9 Å². The van der Waals surface area contributed by atoms with Crippen LogP contribution in [0.3, 0.4) is 0 Å². The molecule has 6 heteroatoms. The zero-order valence-corrected chi connectivity index (χ0v) is 13.2. The number of carboxylic acid groups (broad SMARTS) is 1. The molecule has 0 aromatic heterocycles. The van der Waals surface area contributed by atoms with Gasteiger partial charge in [-0.3, -0.25) is 4.79 Å². The van der Waals surface area contributed by atoms with Gasteiger partial charge in [0.25, 0.3) is 0 Å². The SMILES string of the molecule is COc1cccc(C[C@H](NC(=O)[C@@H](N)CC(C)C)C(=O)O)c1. The summed E-state index contributed by atoms with van der Waals surface area (Å²) in [5.41, 5.74) is 6.55. The van der Waals surface area contributed by atoms with Crippen molar-refractivity contribution in [3.8, 4) is 5.75 Å². The number of hydrogen-bond donors (Lipinski definition) is 3. The third-order valence-electron chi connectivity index (χ3n) is 3.25. The summed E-state index contributed by atoms with van der Waals surface area (Å²) in [5, 5.41) is 11.8. The molecule has 122 valence electrons. The fourth-order valence-corrected chi connectivity index (χ4v) is 2.13. The normalized spacial score (nSPS) is 13.5. The van der Waals surface area contributed by atoms with Crippen LogP contribution in [0.5, 0.6) is 5.75 Å². The van der Waals surface area contributed by atoms with Crippen molar-refractivity contribution in [2.45, 2.75) is 38.8 Å². The van der Waals surface area contributed by atoms with E-state index < -0.39 is 24.0 Å². The summed E-state index contributed by atoms with van der Waals surface area (Å²) in [6.07, 6.45) is 0.685. The van der Waals surface area contributed by atoms with E-state index >= 15 is 0 Å². The second-order valence-corrected chi connectivity index (χ2v) is 5.69. The summed E-state index contributed by atoms with van der Waals surface area (Å²) in [4.78, 5) is 23.3. The van der Waals surface area contributed by atoms with E-state index in [9.17, 15) is 14.7 Å². The van der Waals surface area contributed by atoms with E-state index in [-0.39, 0.29) is 12.3 Å². The Balaban J connectivity index is 2.73. The van der Waals surface area contributed by atoms with E-state index in [4.69, 9.17) is 10.5 Å². The van der Waals surface area contributed by atoms with Crippen LogP contribution in [0.1, 0.15) is 25.8 Å². The van der Waals surface area contributed by atoms with Gasteiger partial charge in [-0.2, -0.15) is 0 Å². The molecule has 0 aliphatic heterocycles. The maximum Gasteiger partial charge on any atom is 0.326 e. The molecule has 0 saturated carbocycles. The number of amides is 1. The van der Waals surface area contributed by atoms with Gasteiger partial charge in [0.15, 0.2) is 0 Å². The molecular weight excluding hydrogens is 284 g/mol. The summed E-state index contributed by atoms with van der Waals surface area (Å²) >= 11 is 0. The average Bonchev–Trinajstić information content (AvgIpc) is 2.45. The fourth-order valence-electron chi connectivity index (χ4n) is 2.13. The Morgan fingerprint density at radius 1 is 1.36 bits per heavy atom. The van der Waals surface area contributed by atoms with Gasteiger partial charge in [0.2, 0.25) is 5.91 Å². The molecule has 0 heterocycles. The molecule has 1 aromatic carbocycles. The highest BCUT2D eigenvalue weighted by Gasteiger charge is 2.24. The van der Waals surface area contributed by atoms with Crippen LogP contribution in [0.25, 0.3) is 0 Å². The number of benzene rings is 1. The lowest BCUT2D eigenvalue weighted by Crippen LogP contribution is -2.49. The number of ether oxygens (including phenoxy) is 1. The van der Waals surface area contributed by atoms with E-state index in [0.29, 0.717) is 12.2 Å². The molecule has 0 spiro atoms. The van der Waals surface area contributed by atoms with E-state index in [2.05, 4.69) is 5.32 Å². The molecule has 0 aliphatic rings. The Labute approximate surface area is 130 Å². The third-order valence-corrected chi connectivity index (χ3v) is 3.25. The predicted octanol–water partition coefficient (Wildman–Crippen LogP) is 1.18. The molecule has 2 atom stereocenters. The molecule has 6 nitrogen and oxygen atoms in total. The Bertz CT molecular complexity index is 517. The first-order valence-electron chi connectivity index (χ1n) is 7.25. The minimum atomic E-state index is -1.09. The Kier molecular flexibility index (Phi) is 6.85. The highest BCUT2D eigenvalue weighted by Crippen LogP contribution is 2.14. The third kappa shape index (κ3) is 5.73. The summed E-state index contributed by atoms with van der Waals surface area (Å²) in [6.45, 7) is 3.91. The topological polar surface area (TPSA) is 102 Å². The Morgan fingerprint density at radius 2 is 2.05 bits per heavy atom. The minimum Gasteiger partial charge on any atom is -0.497 e. The van der Waals surface area contributed by atoms with Gasteiger partial charge in [0.05, 0.1) is 13.2 Å². The summed E-state index contributed by atoms with van der Waals surface area (Å²) < 4.78 is 5.11. The number of nitrogens with two attached hydrogens (primary N) is 1. The molecule has 4 N–H and O–H groups in total. The van der Waals surface area contributed by atoms with Crippen molar-refractivity contribution < 1.29 is 19.4 Å². The van der Waals surface area contributed by atoms with E-state index in [1.165, 1.54) is 0 Å². The highest BCUT2D eigenvalue weighted by atomic mass is 16.5. The number of hydrogen-bond acceptors (Lipinski definition) is 4. The van der Waals surface area contributed by atoms with Gasteiger partial charge < -0.3 is 20.9 Å². The van der Waals surface area contributed by atoms with Crippen molar-refractivity contribution in [3.63, 3.8) is 0 Å². The Hall–Kier alpha value is -2.08. The standard InChI is InChI=1S/C16H24N2O4/c1-10(2)7-13(17)15(19)18-14(16(20)21)9-11-5-4-6-12(8-11)22-3/h4-6,8,10,13-14H,7,9,17H2,1-3H3,(H,18,19)(H,20,21)/t13-,14-/m0/s1. The van der Waals surface area contributed by atoms with Gasteiger partial charge in [0.1, 0.15) is 11.8 Å². The van der Waals surface area contributed by atoms with Crippen LogP contribution in [0, 0.1) is 5.92 Å². The molecule has 1 rings (SSSR count). The molecule has 0 bridgehead atoms. The van der Waals surface area contributed by atoms with E-state index in [0.717, 1.165) is 5.56 Å². The first-order valence-corrected chi connectivity index (χ1v) is 7.25. The van der Waals surface area contributed by atoms with Crippen LogP contribution in [-0.4, -0.2) is 36.2 Å². The lowest BCUT2D eigenvalue weighted by atomic mass is 10.0. The lowest BCUT2D eigenvalue weighted by Gasteiger charge is -2.19. The Morgan fingerprint density at radius 3 is 2.59 bits per heavy atom. The molecular formula is C16H24N2O4. The van der Waals surface area contributed by atoms with Gasteiger partial charge in [-0.25, -0.2) is 4.79 Å². The van der Waals surface area contributed by atoms with Gasteiger partial charge >= 0.3 is 5.97 Å². The van der Waals surface area contributed by atoms with Crippen molar-refractivity contribution in [2.24, 2.45) is 11.7 Å². The fraction of sp³-hybridized carbons (Fsp3) is 0.500. The number of carbonyl (C=O) groups excluding carboxylic acids is 1. The van der Waals surface area contributed by atoms with Crippen LogP contribution in [0.15, 0.2) is 24.3 Å². The number of methoxy groups -OCH3 is 1. The summed E-state index contributed by atoms with van der Waals surface area (Å²) in [7, 11) is 1.54. The highest BCUT2D eigenvalue weighted by molar-refractivity contribution is 5.86. The average molecular weight is 308 g/mol. The minimum absolute atomic E-state index is 0.173. The van der Waals surface area contributed by atoms with Crippen LogP contribution in [-0.2, 0) is 16.0 Å².